The Morgan fingerprint density at radius 2 is 1.82 bits per heavy atom. The zero-order valence-electron chi connectivity index (χ0n) is 11.9. The van der Waals surface area contributed by atoms with E-state index in [0.29, 0.717) is 0 Å². The van der Waals surface area contributed by atoms with Gasteiger partial charge in [0.25, 0.3) is 0 Å². The molecule has 1 aliphatic carbocycles. The predicted molar refractivity (Wildman–Crippen MR) is 74.2 cm³/mol. The number of piperidine rings is 1. The molecule has 1 N–H and O–H groups in total. The summed E-state index contributed by atoms with van der Waals surface area (Å²) in [5.74, 6) is 1.78. The Labute approximate surface area is 107 Å². The molecule has 2 heteroatoms. The van der Waals surface area contributed by atoms with E-state index in [1.54, 1.807) is 0 Å². The van der Waals surface area contributed by atoms with Crippen LogP contribution in [0, 0.1) is 11.8 Å². The van der Waals surface area contributed by atoms with E-state index in [1.165, 1.54) is 45.1 Å². The van der Waals surface area contributed by atoms with Crippen molar-refractivity contribution in [1.29, 1.82) is 0 Å². The molecule has 100 valence electrons. The lowest BCUT2D eigenvalue weighted by Gasteiger charge is -2.49. The Kier molecular flexibility index (Phi) is 4.87. The molecule has 17 heavy (non-hydrogen) atoms. The van der Waals surface area contributed by atoms with Crippen molar-refractivity contribution in [2.24, 2.45) is 11.8 Å². The average molecular weight is 238 g/mol. The summed E-state index contributed by atoms with van der Waals surface area (Å²) in [6, 6.07) is 1.64. The Morgan fingerprint density at radius 1 is 1.12 bits per heavy atom. The standard InChI is InChI=1S/C15H30N2/c1-12(2)15(11-16-3)17-10-6-8-13-7-4-5-9-14(13)17/h12-16H,4-11H2,1-3H3/t13-,14-,15?/m1/s1. The van der Waals surface area contributed by atoms with Crippen LogP contribution in [0.15, 0.2) is 0 Å². The van der Waals surface area contributed by atoms with Crippen molar-refractivity contribution in [1.82, 2.24) is 10.2 Å². The maximum Gasteiger partial charge on any atom is 0.0246 e. The average Bonchev–Trinajstić information content (AvgIpc) is 2.35. The van der Waals surface area contributed by atoms with Crippen LogP contribution in [0.1, 0.15) is 52.4 Å². The lowest BCUT2D eigenvalue weighted by Crippen LogP contribution is -2.55. The summed E-state index contributed by atoms with van der Waals surface area (Å²) in [5, 5.41) is 3.40. The number of likely N-dealkylation sites (N-methyl/N-ethyl adjacent to an activating group) is 1. The van der Waals surface area contributed by atoms with Gasteiger partial charge in [0.2, 0.25) is 0 Å². The first-order chi connectivity index (χ1) is 8.24. The first-order valence-corrected chi connectivity index (χ1v) is 7.64. The predicted octanol–water partition coefficient (Wildman–Crippen LogP) is 2.89. The van der Waals surface area contributed by atoms with Gasteiger partial charge in [-0.15, -0.1) is 0 Å². The lowest BCUT2D eigenvalue weighted by atomic mass is 9.77. The van der Waals surface area contributed by atoms with E-state index in [2.05, 4.69) is 31.1 Å². The highest BCUT2D eigenvalue weighted by Gasteiger charge is 2.37. The number of rotatable bonds is 4. The van der Waals surface area contributed by atoms with E-state index in [4.69, 9.17) is 0 Å². The summed E-state index contributed by atoms with van der Waals surface area (Å²) < 4.78 is 0. The van der Waals surface area contributed by atoms with Crippen LogP contribution in [0.5, 0.6) is 0 Å². The minimum Gasteiger partial charge on any atom is -0.318 e. The molecule has 1 heterocycles. The van der Waals surface area contributed by atoms with Gasteiger partial charge >= 0.3 is 0 Å². The van der Waals surface area contributed by atoms with E-state index >= 15 is 0 Å². The van der Waals surface area contributed by atoms with Gasteiger partial charge in [-0.05, 0) is 51.1 Å². The molecule has 1 aliphatic heterocycles. The van der Waals surface area contributed by atoms with Crippen LogP contribution in [0.25, 0.3) is 0 Å². The summed E-state index contributed by atoms with van der Waals surface area (Å²) in [6.45, 7) is 7.26. The zero-order valence-corrected chi connectivity index (χ0v) is 11.9. The monoisotopic (exact) mass is 238 g/mol. The zero-order chi connectivity index (χ0) is 12.3. The number of likely N-dealkylation sites (tertiary alicyclic amines) is 1. The van der Waals surface area contributed by atoms with Gasteiger partial charge in [-0.25, -0.2) is 0 Å². The minimum absolute atomic E-state index is 0.742. The van der Waals surface area contributed by atoms with E-state index < -0.39 is 0 Å². The van der Waals surface area contributed by atoms with E-state index in [1.807, 2.05) is 0 Å². The van der Waals surface area contributed by atoms with Crippen molar-refractivity contribution < 1.29 is 0 Å². The molecule has 0 aromatic carbocycles. The minimum atomic E-state index is 0.742. The lowest BCUT2D eigenvalue weighted by molar-refractivity contribution is 0.0108. The number of nitrogens with one attached hydrogen (secondary N) is 1. The van der Waals surface area contributed by atoms with Crippen molar-refractivity contribution in [2.75, 3.05) is 20.1 Å². The summed E-state index contributed by atoms with van der Waals surface area (Å²) in [7, 11) is 2.09. The number of nitrogens with zero attached hydrogens (tertiary/aromatic N) is 1. The topological polar surface area (TPSA) is 15.3 Å². The van der Waals surface area contributed by atoms with Gasteiger partial charge in [0.1, 0.15) is 0 Å². The highest BCUT2D eigenvalue weighted by molar-refractivity contribution is 4.91. The van der Waals surface area contributed by atoms with Crippen molar-refractivity contribution >= 4 is 0 Å². The summed E-state index contributed by atoms with van der Waals surface area (Å²) in [5.41, 5.74) is 0. The maximum atomic E-state index is 3.40. The Balaban J connectivity index is 2.05. The molecule has 1 saturated heterocycles. The van der Waals surface area contributed by atoms with Crippen molar-refractivity contribution in [3.05, 3.63) is 0 Å². The SMILES string of the molecule is CNCC(C(C)C)N1CCC[C@H]2CCCC[C@H]21. The molecule has 2 rings (SSSR count). The van der Waals surface area contributed by atoms with Crippen molar-refractivity contribution in [3.8, 4) is 0 Å². The van der Waals surface area contributed by atoms with Crippen LogP contribution in [-0.4, -0.2) is 37.1 Å². The molecule has 0 bridgehead atoms. The third kappa shape index (κ3) is 3.03. The summed E-state index contributed by atoms with van der Waals surface area (Å²) in [4.78, 5) is 2.86. The summed E-state index contributed by atoms with van der Waals surface area (Å²) in [6.07, 6.45) is 8.80. The van der Waals surface area contributed by atoms with Crippen LogP contribution in [0.3, 0.4) is 0 Å². The molecule has 0 aromatic heterocycles. The van der Waals surface area contributed by atoms with E-state index in [9.17, 15) is 0 Å². The molecule has 1 unspecified atom stereocenters. The molecule has 0 aromatic rings. The largest absolute Gasteiger partial charge is 0.318 e. The molecule has 2 nitrogen and oxygen atoms in total. The normalized spacial score (nSPS) is 32.5. The molecular weight excluding hydrogens is 208 g/mol. The Morgan fingerprint density at radius 3 is 2.53 bits per heavy atom. The van der Waals surface area contributed by atoms with Crippen LogP contribution >= 0.6 is 0 Å². The fourth-order valence-corrected chi connectivity index (χ4v) is 4.02. The van der Waals surface area contributed by atoms with Crippen LogP contribution < -0.4 is 5.32 Å². The molecule has 2 aliphatic rings. The molecular formula is C15H30N2. The van der Waals surface area contributed by atoms with Gasteiger partial charge in [-0.3, -0.25) is 4.90 Å². The van der Waals surface area contributed by atoms with Crippen molar-refractivity contribution in [2.45, 2.75) is 64.5 Å². The van der Waals surface area contributed by atoms with Crippen LogP contribution in [0.4, 0.5) is 0 Å². The molecule has 0 spiro atoms. The van der Waals surface area contributed by atoms with Crippen LogP contribution in [0.2, 0.25) is 0 Å². The fourth-order valence-electron chi connectivity index (χ4n) is 4.02. The Hall–Kier alpha value is -0.0800. The third-order valence-electron chi connectivity index (χ3n) is 4.89. The van der Waals surface area contributed by atoms with Gasteiger partial charge in [0.15, 0.2) is 0 Å². The first-order valence-electron chi connectivity index (χ1n) is 7.64. The third-order valence-corrected chi connectivity index (χ3v) is 4.89. The van der Waals surface area contributed by atoms with Gasteiger partial charge in [-0.1, -0.05) is 26.7 Å². The first kappa shape index (κ1) is 13.4. The second kappa shape index (κ2) is 6.19. The molecule has 0 radical (unpaired) electrons. The van der Waals surface area contributed by atoms with Gasteiger partial charge in [0.05, 0.1) is 0 Å². The molecule has 3 atom stereocenters. The van der Waals surface area contributed by atoms with Gasteiger partial charge in [0, 0.05) is 18.6 Å². The molecule has 0 amide bonds. The smallest absolute Gasteiger partial charge is 0.0246 e. The number of fused-ring (bicyclic) bond motifs is 1. The quantitative estimate of drug-likeness (QED) is 0.810. The number of hydrogen-bond donors (Lipinski definition) is 1. The maximum absolute atomic E-state index is 3.40. The van der Waals surface area contributed by atoms with E-state index in [-0.39, 0.29) is 0 Å². The summed E-state index contributed by atoms with van der Waals surface area (Å²) >= 11 is 0. The van der Waals surface area contributed by atoms with Crippen LogP contribution in [-0.2, 0) is 0 Å². The highest BCUT2D eigenvalue weighted by atomic mass is 15.2. The fraction of sp³-hybridized carbons (Fsp3) is 1.00. The second-order valence-electron chi connectivity index (χ2n) is 6.36. The van der Waals surface area contributed by atoms with E-state index in [0.717, 1.165) is 30.5 Å². The second-order valence-corrected chi connectivity index (χ2v) is 6.36. The number of hydrogen-bond acceptors (Lipinski definition) is 2. The van der Waals surface area contributed by atoms with Crippen molar-refractivity contribution in [3.63, 3.8) is 0 Å². The van der Waals surface area contributed by atoms with Gasteiger partial charge < -0.3 is 5.32 Å². The highest BCUT2D eigenvalue weighted by Crippen LogP contribution is 2.37. The molecule has 1 saturated carbocycles. The molecule has 2 fully saturated rings. The van der Waals surface area contributed by atoms with Gasteiger partial charge in [-0.2, -0.15) is 0 Å². The Bertz CT molecular complexity index is 221.